The maximum atomic E-state index is 14.4. The maximum absolute atomic E-state index is 14.4. The SMILES string of the molecule is COc1cc(C(=O)N2C[C@@H]3CCC[C@]3(CNC(=O)/C=C/c3cccc(O)c3)C2)nn1-c1ccccc1F. The number of phenolic OH excluding ortho intramolecular Hbond substituents is 1. The molecule has 8 nitrogen and oxygen atoms in total. The predicted molar refractivity (Wildman–Crippen MR) is 136 cm³/mol. The third kappa shape index (κ3) is 4.94. The number of aromatic hydroxyl groups is 1. The first-order valence-electron chi connectivity index (χ1n) is 12.3. The number of hydrogen-bond donors (Lipinski definition) is 2. The second-order valence-electron chi connectivity index (χ2n) is 9.72. The lowest BCUT2D eigenvalue weighted by Gasteiger charge is -2.28. The molecule has 37 heavy (non-hydrogen) atoms. The molecule has 0 bridgehead atoms. The second-order valence-corrected chi connectivity index (χ2v) is 9.72. The summed E-state index contributed by atoms with van der Waals surface area (Å²) in [5, 5.41) is 17.0. The molecular formula is C28H29FN4O4. The Hall–Kier alpha value is -4.14. The number of aromatic nitrogens is 2. The Balaban J connectivity index is 1.27. The number of para-hydroxylation sites is 1. The fraction of sp³-hybridized carbons (Fsp3) is 0.321. The van der Waals surface area contributed by atoms with Crippen LogP contribution in [-0.4, -0.2) is 58.3 Å². The number of likely N-dealkylation sites (tertiary alicyclic amines) is 1. The predicted octanol–water partition coefficient (Wildman–Crippen LogP) is 3.80. The number of phenols is 1. The maximum Gasteiger partial charge on any atom is 0.274 e. The monoisotopic (exact) mass is 504 g/mol. The molecule has 2 amide bonds. The summed E-state index contributed by atoms with van der Waals surface area (Å²) in [6.07, 6.45) is 6.08. The lowest BCUT2D eigenvalue weighted by atomic mass is 9.80. The number of nitrogens with one attached hydrogen (secondary N) is 1. The molecule has 1 saturated carbocycles. The molecule has 2 aromatic carbocycles. The van der Waals surface area contributed by atoms with Crippen LogP contribution in [0.25, 0.3) is 11.8 Å². The number of carbonyl (C=O) groups is 2. The van der Waals surface area contributed by atoms with Gasteiger partial charge in [0, 0.05) is 37.2 Å². The summed E-state index contributed by atoms with van der Waals surface area (Å²) in [6, 6.07) is 14.4. The van der Waals surface area contributed by atoms with Gasteiger partial charge in [-0.25, -0.2) is 4.39 Å². The fourth-order valence-corrected chi connectivity index (χ4v) is 5.55. The van der Waals surface area contributed by atoms with Crippen molar-refractivity contribution >= 4 is 17.9 Å². The lowest BCUT2D eigenvalue weighted by Crippen LogP contribution is -2.41. The topological polar surface area (TPSA) is 96.7 Å². The van der Waals surface area contributed by atoms with E-state index < -0.39 is 5.82 Å². The van der Waals surface area contributed by atoms with Crippen molar-refractivity contribution in [3.63, 3.8) is 0 Å². The zero-order chi connectivity index (χ0) is 26.0. The molecule has 3 aromatic rings. The molecule has 1 aliphatic carbocycles. The molecule has 2 fully saturated rings. The Morgan fingerprint density at radius 2 is 2.08 bits per heavy atom. The van der Waals surface area contributed by atoms with E-state index >= 15 is 0 Å². The van der Waals surface area contributed by atoms with E-state index in [1.807, 2.05) is 0 Å². The van der Waals surface area contributed by atoms with Crippen LogP contribution in [0.4, 0.5) is 4.39 Å². The van der Waals surface area contributed by atoms with Crippen molar-refractivity contribution in [1.29, 1.82) is 0 Å². The Labute approximate surface area is 214 Å². The Morgan fingerprint density at radius 1 is 1.24 bits per heavy atom. The highest BCUT2D eigenvalue weighted by Crippen LogP contribution is 2.48. The first kappa shape index (κ1) is 24.5. The van der Waals surface area contributed by atoms with Gasteiger partial charge in [-0.05, 0) is 54.7 Å². The highest BCUT2D eigenvalue weighted by Gasteiger charge is 2.50. The van der Waals surface area contributed by atoms with E-state index in [2.05, 4.69) is 10.4 Å². The van der Waals surface area contributed by atoms with E-state index in [9.17, 15) is 19.1 Å². The van der Waals surface area contributed by atoms with Crippen LogP contribution >= 0.6 is 0 Å². The number of benzene rings is 2. The van der Waals surface area contributed by atoms with Crippen molar-refractivity contribution in [1.82, 2.24) is 20.0 Å². The largest absolute Gasteiger partial charge is 0.508 e. The molecule has 2 N–H and O–H groups in total. The van der Waals surface area contributed by atoms with Crippen molar-refractivity contribution in [2.45, 2.75) is 19.3 Å². The first-order valence-corrected chi connectivity index (χ1v) is 12.3. The summed E-state index contributed by atoms with van der Waals surface area (Å²) in [4.78, 5) is 27.7. The summed E-state index contributed by atoms with van der Waals surface area (Å²) >= 11 is 0. The van der Waals surface area contributed by atoms with Crippen molar-refractivity contribution in [2.24, 2.45) is 11.3 Å². The van der Waals surface area contributed by atoms with Gasteiger partial charge in [-0.3, -0.25) is 9.59 Å². The number of amides is 2. The van der Waals surface area contributed by atoms with Gasteiger partial charge in [-0.15, -0.1) is 0 Å². The van der Waals surface area contributed by atoms with E-state index in [1.165, 1.54) is 30.0 Å². The van der Waals surface area contributed by atoms with Gasteiger partial charge in [0.1, 0.15) is 17.3 Å². The minimum Gasteiger partial charge on any atom is -0.508 e. The number of halogens is 1. The molecule has 2 aliphatic rings. The average molecular weight is 505 g/mol. The third-order valence-electron chi connectivity index (χ3n) is 7.42. The zero-order valence-electron chi connectivity index (χ0n) is 20.6. The number of hydrogen-bond acceptors (Lipinski definition) is 5. The Morgan fingerprint density at radius 3 is 2.86 bits per heavy atom. The second kappa shape index (κ2) is 10.1. The van der Waals surface area contributed by atoms with Gasteiger partial charge in [0.2, 0.25) is 11.8 Å². The summed E-state index contributed by atoms with van der Waals surface area (Å²) in [5.41, 5.74) is 0.931. The van der Waals surface area contributed by atoms with Crippen LogP contribution in [0.15, 0.2) is 60.7 Å². The molecule has 1 saturated heterocycles. The summed E-state index contributed by atoms with van der Waals surface area (Å²) in [6.45, 7) is 1.57. The number of fused-ring (bicyclic) bond motifs is 1. The highest BCUT2D eigenvalue weighted by molar-refractivity contribution is 5.93. The van der Waals surface area contributed by atoms with Gasteiger partial charge in [0.25, 0.3) is 5.91 Å². The van der Waals surface area contributed by atoms with Gasteiger partial charge >= 0.3 is 0 Å². The number of rotatable bonds is 7. The van der Waals surface area contributed by atoms with E-state index in [-0.39, 0.29) is 46.2 Å². The minimum absolute atomic E-state index is 0.141. The van der Waals surface area contributed by atoms with Crippen molar-refractivity contribution in [2.75, 3.05) is 26.7 Å². The van der Waals surface area contributed by atoms with Gasteiger partial charge < -0.3 is 20.1 Å². The molecule has 0 spiro atoms. The Bertz CT molecular complexity index is 1350. The van der Waals surface area contributed by atoms with Crippen LogP contribution in [0.2, 0.25) is 0 Å². The van der Waals surface area contributed by atoms with E-state index in [0.717, 1.165) is 24.8 Å². The number of methoxy groups -OCH3 is 1. The molecular weight excluding hydrogens is 475 g/mol. The molecule has 0 unspecified atom stereocenters. The minimum atomic E-state index is -0.466. The van der Waals surface area contributed by atoms with Crippen LogP contribution in [0.3, 0.4) is 0 Å². The van der Waals surface area contributed by atoms with E-state index in [0.29, 0.717) is 19.6 Å². The molecule has 5 rings (SSSR count). The molecule has 1 aliphatic heterocycles. The van der Waals surface area contributed by atoms with Crippen LogP contribution in [-0.2, 0) is 4.79 Å². The summed E-state index contributed by atoms with van der Waals surface area (Å²) < 4.78 is 21.0. The van der Waals surface area contributed by atoms with E-state index in [4.69, 9.17) is 4.74 Å². The number of ether oxygens (including phenoxy) is 1. The standard InChI is InChI=1S/C28H29FN4O4/c1-37-26-15-23(31-33(26)24-10-3-2-9-22(24)29)27(36)32-16-20-7-5-13-28(20,18-32)17-30-25(35)12-11-19-6-4-8-21(34)14-19/h2-4,6,8-12,14-15,20,34H,5,7,13,16-18H2,1H3,(H,30,35)/b12-11+/t20-,28-/m0/s1. The molecule has 1 aromatic heterocycles. The first-order chi connectivity index (χ1) is 17.9. The Kier molecular flexibility index (Phi) is 6.69. The third-order valence-corrected chi connectivity index (χ3v) is 7.42. The highest BCUT2D eigenvalue weighted by atomic mass is 19.1. The van der Waals surface area contributed by atoms with Gasteiger partial charge in [0.15, 0.2) is 5.69 Å². The van der Waals surface area contributed by atoms with Crippen molar-refractivity contribution < 1.29 is 23.8 Å². The van der Waals surface area contributed by atoms with Crippen LogP contribution in [0.1, 0.15) is 35.3 Å². The van der Waals surface area contributed by atoms with Gasteiger partial charge in [0.05, 0.1) is 7.11 Å². The smallest absolute Gasteiger partial charge is 0.274 e. The van der Waals surface area contributed by atoms with Crippen molar-refractivity contribution in [3.05, 3.63) is 77.7 Å². The van der Waals surface area contributed by atoms with Crippen molar-refractivity contribution in [3.8, 4) is 17.3 Å². The fourth-order valence-electron chi connectivity index (χ4n) is 5.55. The number of nitrogens with zero attached hydrogens (tertiary/aromatic N) is 3. The van der Waals surface area contributed by atoms with Crippen LogP contribution < -0.4 is 10.1 Å². The lowest BCUT2D eigenvalue weighted by molar-refractivity contribution is -0.117. The van der Waals surface area contributed by atoms with Gasteiger partial charge in [-0.1, -0.05) is 30.7 Å². The summed E-state index contributed by atoms with van der Waals surface area (Å²) in [7, 11) is 1.45. The molecule has 9 heteroatoms. The normalized spacial score (nSPS) is 20.8. The molecule has 0 radical (unpaired) electrons. The average Bonchev–Trinajstić information content (AvgIpc) is 3.59. The van der Waals surface area contributed by atoms with Gasteiger partial charge in [-0.2, -0.15) is 9.78 Å². The van der Waals surface area contributed by atoms with Crippen LogP contribution in [0.5, 0.6) is 11.6 Å². The molecule has 2 heterocycles. The number of carbonyl (C=O) groups excluding carboxylic acids is 2. The molecule has 192 valence electrons. The molecule has 2 atom stereocenters. The van der Waals surface area contributed by atoms with E-state index in [1.54, 1.807) is 53.4 Å². The summed E-state index contributed by atoms with van der Waals surface area (Å²) in [5.74, 6) is -0.233. The zero-order valence-corrected chi connectivity index (χ0v) is 20.6. The van der Waals surface area contributed by atoms with Crippen LogP contribution in [0, 0.1) is 17.2 Å². The quantitative estimate of drug-likeness (QED) is 0.477.